The number of nitrogens with one attached hydrogen (secondary N) is 2. The molecule has 1 unspecified atom stereocenters. The van der Waals surface area contributed by atoms with E-state index in [-0.39, 0.29) is 23.3 Å². The van der Waals surface area contributed by atoms with Crippen LogP contribution >= 0.6 is 24.0 Å². The van der Waals surface area contributed by atoms with Crippen molar-refractivity contribution in [3.8, 4) is 0 Å². The average molecular weight is 350 g/mol. The molecule has 0 bridgehead atoms. The molecule has 0 aromatic heterocycles. The van der Waals surface area contributed by atoms with Gasteiger partial charge in [0.25, 0.3) is 0 Å². The highest BCUT2D eigenvalue weighted by molar-refractivity contribution is 6.31. The largest absolute Gasteiger partial charge is 0.325 e. The van der Waals surface area contributed by atoms with Gasteiger partial charge in [-0.1, -0.05) is 18.5 Å². The number of rotatable bonds is 6. The lowest BCUT2D eigenvalue weighted by molar-refractivity contribution is -0.117. The third-order valence-electron chi connectivity index (χ3n) is 3.61. The monoisotopic (exact) mass is 349 g/mol. The predicted octanol–water partition coefficient (Wildman–Crippen LogP) is 2.91. The third-order valence-corrected chi connectivity index (χ3v) is 3.90. The number of halogens is 3. The van der Waals surface area contributed by atoms with E-state index in [1.807, 2.05) is 0 Å². The smallest absolute Gasteiger partial charge is 0.238 e. The predicted molar refractivity (Wildman–Crippen MR) is 90.4 cm³/mol. The summed E-state index contributed by atoms with van der Waals surface area (Å²) in [5.74, 6) is -0.586. The van der Waals surface area contributed by atoms with Gasteiger partial charge in [0, 0.05) is 18.3 Å². The second-order valence-electron chi connectivity index (χ2n) is 5.29. The molecule has 2 N–H and O–H groups in total. The minimum absolute atomic E-state index is 0. The standard InChI is InChI=1S/C15H21ClFN3O.ClH/c1-2-7-20(12-5-6-18-9-12)10-15(21)19-11-3-4-14(17)13(16)8-11;/h3-4,8,12,18H,2,5-7,9-10H2,1H3,(H,19,21);1H. The molecule has 1 fully saturated rings. The van der Waals surface area contributed by atoms with Gasteiger partial charge in [0.15, 0.2) is 0 Å². The van der Waals surface area contributed by atoms with Gasteiger partial charge >= 0.3 is 0 Å². The molecule has 1 aliphatic heterocycles. The van der Waals surface area contributed by atoms with Crippen molar-refractivity contribution in [3.63, 3.8) is 0 Å². The molecule has 1 amide bonds. The molecular weight excluding hydrogens is 328 g/mol. The van der Waals surface area contributed by atoms with Crippen LogP contribution in [0, 0.1) is 5.82 Å². The summed E-state index contributed by atoms with van der Waals surface area (Å²) in [6.45, 7) is 5.27. The molecule has 1 atom stereocenters. The lowest BCUT2D eigenvalue weighted by Crippen LogP contribution is -2.42. The maximum absolute atomic E-state index is 13.1. The van der Waals surface area contributed by atoms with Crippen LogP contribution < -0.4 is 10.6 Å². The van der Waals surface area contributed by atoms with Crippen LogP contribution in [0.3, 0.4) is 0 Å². The molecular formula is C15H22Cl2FN3O. The number of carbonyl (C=O) groups excluding carboxylic acids is 1. The zero-order chi connectivity index (χ0) is 15.2. The molecule has 4 nitrogen and oxygen atoms in total. The number of nitrogens with zero attached hydrogens (tertiary/aromatic N) is 1. The van der Waals surface area contributed by atoms with Crippen LogP contribution in [0.2, 0.25) is 5.02 Å². The first-order valence-corrected chi connectivity index (χ1v) is 7.67. The van der Waals surface area contributed by atoms with Gasteiger partial charge in [0.1, 0.15) is 5.82 Å². The highest BCUT2D eigenvalue weighted by atomic mass is 35.5. The molecule has 7 heteroatoms. The molecule has 1 heterocycles. The number of hydrogen-bond donors (Lipinski definition) is 2. The second-order valence-corrected chi connectivity index (χ2v) is 5.70. The first-order valence-electron chi connectivity index (χ1n) is 7.30. The topological polar surface area (TPSA) is 44.4 Å². The molecule has 1 aromatic rings. The molecule has 0 spiro atoms. The first kappa shape index (κ1) is 19.2. The minimum atomic E-state index is -0.487. The lowest BCUT2D eigenvalue weighted by atomic mass is 10.2. The van der Waals surface area contributed by atoms with E-state index in [1.165, 1.54) is 18.2 Å². The van der Waals surface area contributed by atoms with Gasteiger partial charge in [-0.15, -0.1) is 12.4 Å². The summed E-state index contributed by atoms with van der Waals surface area (Å²) in [5.41, 5.74) is 0.521. The van der Waals surface area contributed by atoms with E-state index in [0.29, 0.717) is 18.3 Å². The maximum Gasteiger partial charge on any atom is 0.238 e. The highest BCUT2D eigenvalue weighted by Crippen LogP contribution is 2.19. The Kier molecular flexibility index (Phi) is 8.10. The molecule has 1 aromatic carbocycles. The van der Waals surface area contributed by atoms with Crippen LogP contribution in [0.5, 0.6) is 0 Å². The number of benzene rings is 1. The number of anilines is 1. The molecule has 124 valence electrons. The van der Waals surface area contributed by atoms with Crippen molar-refractivity contribution in [3.05, 3.63) is 29.0 Å². The summed E-state index contributed by atoms with van der Waals surface area (Å²) >= 11 is 5.71. The van der Waals surface area contributed by atoms with Crippen LogP contribution in [-0.2, 0) is 4.79 Å². The summed E-state index contributed by atoms with van der Waals surface area (Å²) in [4.78, 5) is 14.3. The van der Waals surface area contributed by atoms with Crippen LogP contribution in [0.1, 0.15) is 19.8 Å². The van der Waals surface area contributed by atoms with Gasteiger partial charge in [-0.3, -0.25) is 9.69 Å². The Morgan fingerprint density at radius 3 is 2.91 bits per heavy atom. The first-order chi connectivity index (χ1) is 10.1. The fraction of sp³-hybridized carbons (Fsp3) is 0.533. The molecule has 1 aliphatic rings. The third kappa shape index (κ3) is 5.39. The van der Waals surface area contributed by atoms with E-state index in [9.17, 15) is 9.18 Å². The summed E-state index contributed by atoms with van der Waals surface area (Å²) in [6.07, 6.45) is 2.07. The summed E-state index contributed by atoms with van der Waals surface area (Å²) in [6, 6.07) is 4.60. The van der Waals surface area contributed by atoms with E-state index in [1.54, 1.807) is 0 Å². The Hall–Kier alpha value is -0.880. The zero-order valence-corrected chi connectivity index (χ0v) is 14.1. The average Bonchev–Trinajstić information content (AvgIpc) is 2.96. The van der Waals surface area contributed by atoms with E-state index >= 15 is 0 Å². The summed E-state index contributed by atoms with van der Waals surface area (Å²) in [5, 5.41) is 6.10. The van der Waals surface area contributed by atoms with Crippen LogP contribution in [0.4, 0.5) is 10.1 Å². The van der Waals surface area contributed by atoms with Gasteiger partial charge in [0.05, 0.1) is 11.6 Å². The van der Waals surface area contributed by atoms with Crippen molar-refractivity contribution >= 4 is 35.6 Å². The molecule has 1 saturated heterocycles. The Morgan fingerprint density at radius 2 is 2.32 bits per heavy atom. The number of hydrogen-bond acceptors (Lipinski definition) is 3. The normalized spacial score (nSPS) is 17.4. The molecule has 22 heavy (non-hydrogen) atoms. The van der Waals surface area contributed by atoms with Gasteiger partial charge in [0.2, 0.25) is 5.91 Å². The highest BCUT2D eigenvalue weighted by Gasteiger charge is 2.23. The van der Waals surface area contributed by atoms with Crippen molar-refractivity contribution in [2.45, 2.75) is 25.8 Å². The lowest BCUT2D eigenvalue weighted by Gasteiger charge is -2.27. The van der Waals surface area contributed by atoms with Gasteiger partial charge < -0.3 is 10.6 Å². The fourth-order valence-corrected chi connectivity index (χ4v) is 2.77. The van der Waals surface area contributed by atoms with Crippen LogP contribution in [0.15, 0.2) is 18.2 Å². The van der Waals surface area contributed by atoms with Crippen molar-refractivity contribution < 1.29 is 9.18 Å². The number of amides is 1. The Balaban J connectivity index is 0.00000242. The molecule has 0 saturated carbocycles. The Labute approximate surface area is 141 Å². The van der Waals surface area contributed by atoms with E-state index in [2.05, 4.69) is 22.5 Å². The fourth-order valence-electron chi connectivity index (χ4n) is 2.59. The van der Waals surface area contributed by atoms with E-state index < -0.39 is 5.82 Å². The Bertz CT molecular complexity index is 496. The zero-order valence-electron chi connectivity index (χ0n) is 12.6. The Morgan fingerprint density at radius 1 is 1.55 bits per heavy atom. The summed E-state index contributed by atoms with van der Waals surface area (Å²) < 4.78 is 13.1. The van der Waals surface area contributed by atoms with Gasteiger partial charge in [-0.05, 0) is 44.1 Å². The van der Waals surface area contributed by atoms with Crippen molar-refractivity contribution in [2.24, 2.45) is 0 Å². The second kappa shape index (κ2) is 9.30. The van der Waals surface area contributed by atoms with E-state index in [0.717, 1.165) is 32.5 Å². The SMILES string of the molecule is CCCN(CC(=O)Nc1ccc(F)c(Cl)c1)C1CCNC1.Cl. The molecule has 2 rings (SSSR count). The quantitative estimate of drug-likeness (QED) is 0.829. The molecule has 0 radical (unpaired) electrons. The van der Waals surface area contributed by atoms with Crippen LogP contribution in [0.25, 0.3) is 0 Å². The molecule has 0 aliphatic carbocycles. The van der Waals surface area contributed by atoms with Crippen molar-refractivity contribution in [2.75, 3.05) is 31.5 Å². The number of carbonyl (C=O) groups is 1. The van der Waals surface area contributed by atoms with Gasteiger partial charge in [-0.25, -0.2) is 4.39 Å². The van der Waals surface area contributed by atoms with Crippen molar-refractivity contribution in [1.29, 1.82) is 0 Å². The van der Waals surface area contributed by atoms with Crippen molar-refractivity contribution in [1.82, 2.24) is 10.2 Å². The summed E-state index contributed by atoms with van der Waals surface area (Å²) in [7, 11) is 0. The maximum atomic E-state index is 13.1. The van der Waals surface area contributed by atoms with Gasteiger partial charge in [-0.2, -0.15) is 0 Å². The van der Waals surface area contributed by atoms with Crippen LogP contribution in [-0.4, -0.2) is 43.0 Å². The van der Waals surface area contributed by atoms with E-state index in [4.69, 9.17) is 11.6 Å². The minimum Gasteiger partial charge on any atom is -0.325 e.